The average Bonchev–Trinajstić information content (AvgIpc) is 2.80. The number of carbonyl (C=O) groups is 2. The quantitative estimate of drug-likeness (QED) is 0.210. The van der Waals surface area contributed by atoms with Crippen molar-refractivity contribution in [3.05, 3.63) is 91.0 Å². The molecule has 0 heterocycles. The van der Waals surface area contributed by atoms with E-state index >= 15 is 0 Å². The Hall–Kier alpha value is -4.06. The maximum atomic E-state index is 12.3. The van der Waals surface area contributed by atoms with Crippen molar-refractivity contribution in [3.8, 4) is 28.4 Å². The van der Waals surface area contributed by atoms with Crippen molar-refractivity contribution in [3.63, 3.8) is 0 Å². The van der Waals surface area contributed by atoms with Crippen LogP contribution in [0.5, 0.6) is 17.2 Å². The first-order chi connectivity index (χ1) is 15.1. The Labute approximate surface area is 180 Å². The molecule has 0 radical (unpaired) electrons. The molecule has 0 bridgehead atoms. The molecule has 158 valence electrons. The summed E-state index contributed by atoms with van der Waals surface area (Å²) in [5.74, 6) is 0.750. The van der Waals surface area contributed by atoms with Gasteiger partial charge in [0, 0.05) is 6.08 Å². The van der Waals surface area contributed by atoms with Gasteiger partial charge in [-0.05, 0) is 66.6 Å². The van der Waals surface area contributed by atoms with Crippen LogP contribution in [0.3, 0.4) is 0 Å². The largest absolute Gasteiger partial charge is 0.494 e. The first-order valence-corrected chi connectivity index (χ1v) is 9.66. The van der Waals surface area contributed by atoms with E-state index in [-0.39, 0.29) is 6.79 Å². The van der Waals surface area contributed by atoms with Gasteiger partial charge in [0.25, 0.3) is 0 Å². The molecule has 0 atom stereocenters. The zero-order chi connectivity index (χ0) is 22.1. The highest BCUT2D eigenvalue weighted by atomic mass is 16.7. The van der Waals surface area contributed by atoms with Crippen LogP contribution in [0, 0.1) is 0 Å². The number of ether oxygens (including phenoxy) is 4. The Morgan fingerprint density at radius 2 is 1.29 bits per heavy atom. The van der Waals surface area contributed by atoms with E-state index < -0.39 is 11.9 Å². The number of esters is 2. The number of hydrogen-bond acceptors (Lipinski definition) is 6. The van der Waals surface area contributed by atoms with Gasteiger partial charge < -0.3 is 18.9 Å². The second kappa shape index (κ2) is 10.6. The fourth-order valence-corrected chi connectivity index (χ4v) is 2.69. The van der Waals surface area contributed by atoms with Gasteiger partial charge in [0.2, 0.25) is 6.79 Å². The van der Waals surface area contributed by atoms with Crippen LogP contribution in [-0.4, -0.2) is 25.3 Å². The standard InChI is InChI=1S/C25H22O6/c1-3-24(26)30-17-29-22-11-5-18(6-12-22)19-7-15-23(16-8-19)31-25(27)20-9-13-21(14-10-20)28-4-2/h3,5-16H,1,4,17H2,2H3. The maximum absolute atomic E-state index is 12.3. The molecule has 6 nitrogen and oxygen atoms in total. The maximum Gasteiger partial charge on any atom is 0.343 e. The number of hydrogen-bond donors (Lipinski definition) is 0. The molecule has 31 heavy (non-hydrogen) atoms. The third kappa shape index (κ3) is 6.21. The summed E-state index contributed by atoms with van der Waals surface area (Å²) >= 11 is 0. The van der Waals surface area contributed by atoms with Crippen LogP contribution in [0.25, 0.3) is 11.1 Å². The van der Waals surface area contributed by atoms with E-state index in [4.69, 9.17) is 18.9 Å². The van der Waals surface area contributed by atoms with E-state index in [1.165, 1.54) is 0 Å². The molecule has 6 heteroatoms. The van der Waals surface area contributed by atoms with Crippen molar-refractivity contribution in [2.24, 2.45) is 0 Å². The van der Waals surface area contributed by atoms with Crippen molar-refractivity contribution >= 4 is 11.9 Å². The van der Waals surface area contributed by atoms with E-state index in [2.05, 4.69) is 6.58 Å². The summed E-state index contributed by atoms with van der Waals surface area (Å²) in [5.41, 5.74) is 2.35. The predicted octanol–water partition coefficient (Wildman–Crippen LogP) is 5.04. The molecule has 0 amide bonds. The topological polar surface area (TPSA) is 71.1 Å². The molecule has 3 aromatic carbocycles. The van der Waals surface area contributed by atoms with Crippen LogP contribution in [0.15, 0.2) is 85.5 Å². The minimum Gasteiger partial charge on any atom is -0.494 e. The third-order valence-electron chi connectivity index (χ3n) is 4.25. The highest BCUT2D eigenvalue weighted by Crippen LogP contribution is 2.25. The molecule has 0 saturated heterocycles. The molecule has 0 aliphatic carbocycles. The lowest BCUT2D eigenvalue weighted by Gasteiger charge is -2.09. The SMILES string of the molecule is C=CC(=O)OCOc1ccc(-c2ccc(OC(=O)c3ccc(OCC)cc3)cc2)cc1. The highest BCUT2D eigenvalue weighted by molar-refractivity contribution is 5.91. The van der Waals surface area contributed by atoms with Crippen LogP contribution >= 0.6 is 0 Å². The highest BCUT2D eigenvalue weighted by Gasteiger charge is 2.09. The molecular weight excluding hydrogens is 396 g/mol. The van der Waals surface area contributed by atoms with Gasteiger partial charge in [0.15, 0.2) is 0 Å². The smallest absolute Gasteiger partial charge is 0.343 e. The summed E-state index contributed by atoms with van der Waals surface area (Å²) < 4.78 is 20.9. The molecule has 3 rings (SSSR count). The summed E-state index contributed by atoms with van der Waals surface area (Å²) in [6, 6.07) is 21.3. The van der Waals surface area contributed by atoms with Crippen LogP contribution in [0.2, 0.25) is 0 Å². The third-order valence-corrected chi connectivity index (χ3v) is 4.25. The van der Waals surface area contributed by atoms with Crippen molar-refractivity contribution < 1.29 is 28.5 Å². The van der Waals surface area contributed by atoms with E-state index in [1.807, 2.05) is 31.2 Å². The minimum atomic E-state index is -0.542. The molecular formula is C25H22O6. The van der Waals surface area contributed by atoms with E-state index in [1.54, 1.807) is 48.5 Å². The van der Waals surface area contributed by atoms with Crippen molar-refractivity contribution in [2.45, 2.75) is 6.92 Å². The molecule has 0 saturated carbocycles. The molecule has 0 aromatic heterocycles. The van der Waals surface area contributed by atoms with Gasteiger partial charge in [-0.1, -0.05) is 30.8 Å². The lowest BCUT2D eigenvalue weighted by Crippen LogP contribution is -2.08. The first-order valence-electron chi connectivity index (χ1n) is 9.66. The Bertz CT molecular complexity index is 1020. The van der Waals surface area contributed by atoms with Crippen molar-refractivity contribution in [2.75, 3.05) is 13.4 Å². The van der Waals surface area contributed by atoms with Gasteiger partial charge in [-0.3, -0.25) is 0 Å². The van der Waals surface area contributed by atoms with Crippen molar-refractivity contribution in [1.29, 1.82) is 0 Å². The second-order valence-corrected chi connectivity index (χ2v) is 6.33. The average molecular weight is 418 g/mol. The van der Waals surface area contributed by atoms with Gasteiger partial charge in [0.1, 0.15) is 17.2 Å². The molecule has 0 N–H and O–H groups in total. The molecule has 0 spiro atoms. The number of benzene rings is 3. The van der Waals surface area contributed by atoms with E-state index in [0.29, 0.717) is 29.4 Å². The van der Waals surface area contributed by atoms with E-state index in [0.717, 1.165) is 17.2 Å². The lowest BCUT2D eigenvalue weighted by atomic mass is 10.1. The molecule has 0 aliphatic heterocycles. The van der Waals surface area contributed by atoms with Gasteiger partial charge in [-0.15, -0.1) is 0 Å². The minimum absolute atomic E-state index is 0.182. The Morgan fingerprint density at radius 3 is 1.84 bits per heavy atom. The molecule has 0 unspecified atom stereocenters. The number of carbonyl (C=O) groups excluding carboxylic acids is 2. The van der Waals surface area contributed by atoms with Crippen LogP contribution in [-0.2, 0) is 9.53 Å². The van der Waals surface area contributed by atoms with Gasteiger partial charge >= 0.3 is 11.9 Å². The normalized spacial score (nSPS) is 10.1. The predicted molar refractivity (Wildman–Crippen MR) is 116 cm³/mol. The molecule has 0 aliphatic rings. The Balaban J connectivity index is 1.57. The fourth-order valence-electron chi connectivity index (χ4n) is 2.69. The summed E-state index contributed by atoms with van der Waals surface area (Å²) in [5, 5.41) is 0. The van der Waals surface area contributed by atoms with Crippen LogP contribution in [0.1, 0.15) is 17.3 Å². The zero-order valence-electron chi connectivity index (χ0n) is 17.1. The fraction of sp³-hybridized carbons (Fsp3) is 0.120. The van der Waals surface area contributed by atoms with Crippen LogP contribution < -0.4 is 14.2 Å². The van der Waals surface area contributed by atoms with Gasteiger partial charge in [-0.25, -0.2) is 9.59 Å². The molecule has 0 fully saturated rings. The van der Waals surface area contributed by atoms with Crippen molar-refractivity contribution in [1.82, 2.24) is 0 Å². The van der Waals surface area contributed by atoms with Crippen LogP contribution in [0.4, 0.5) is 0 Å². The summed E-state index contributed by atoms with van der Waals surface area (Å²) in [6.07, 6.45) is 1.07. The summed E-state index contributed by atoms with van der Waals surface area (Å²) in [6.45, 7) is 5.60. The van der Waals surface area contributed by atoms with E-state index in [9.17, 15) is 9.59 Å². The summed E-state index contributed by atoms with van der Waals surface area (Å²) in [4.78, 5) is 23.3. The van der Waals surface area contributed by atoms with Gasteiger partial charge in [-0.2, -0.15) is 0 Å². The Kier molecular flexibility index (Phi) is 7.43. The second-order valence-electron chi connectivity index (χ2n) is 6.33. The summed E-state index contributed by atoms with van der Waals surface area (Å²) in [7, 11) is 0. The monoisotopic (exact) mass is 418 g/mol. The number of rotatable bonds is 9. The lowest BCUT2D eigenvalue weighted by molar-refractivity contribution is -0.144. The zero-order valence-corrected chi connectivity index (χ0v) is 17.1. The van der Waals surface area contributed by atoms with Gasteiger partial charge in [0.05, 0.1) is 12.2 Å². The molecule has 3 aromatic rings. The first kappa shape index (κ1) is 21.6. The Morgan fingerprint density at radius 1 is 0.774 bits per heavy atom.